The Morgan fingerprint density at radius 1 is 1.31 bits per heavy atom. The quantitative estimate of drug-likeness (QED) is 0.337. The van der Waals surface area contributed by atoms with Crippen molar-refractivity contribution in [3.05, 3.63) is 47.0 Å². The molecule has 0 aliphatic rings. The molecule has 0 saturated carbocycles. The molecule has 1 unspecified atom stereocenters. The van der Waals surface area contributed by atoms with Gasteiger partial charge in [-0.15, -0.1) is 34.2 Å². The van der Waals surface area contributed by atoms with E-state index in [1.54, 1.807) is 6.33 Å². The lowest BCUT2D eigenvalue weighted by Crippen LogP contribution is -2.43. The number of aryl methyl sites for hydroxylation is 1. The van der Waals surface area contributed by atoms with Crippen molar-refractivity contribution in [1.82, 2.24) is 25.4 Å². The average molecular weight is 491 g/mol. The number of benzene rings is 1. The summed E-state index contributed by atoms with van der Waals surface area (Å²) in [6, 6.07) is 8.14. The molecule has 0 aliphatic carbocycles. The summed E-state index contributed by atoms with van der Waals surface area (Å²) < 4.78 is 2.06. The predicted molar refractivity (Wildman–Crippen MR) is 118 cm³/mol. The van der Waals surface area contributed by atoms with Crippen LogP contribution in [0.2, 0.25) is 5.02 Å². The summed E-state index contributed by atoms with van der Waals surface area (Å²) in [6.45, 7) is 8.45. The Hall–Kier alpha value is -1.35. The van der Waals surface area contributed by atoms with Gasteiger partial charge in [-0.1, -0.05) is 43.6 Å². The van der Waals surface area contributed by atoms with Crippen LogP contribution in [0.1, 0.15) is 38.6 Å². The van der Waals surface area contributed by atoms with Gasteiger partial charge in [0.15, 0.2) is 5.96 Å². The summed E-state index contributed by atoms with van der Waals surface area (Å²) in [7, 11) is 0. The number of halogens is 2. The van der Waals surface area contributed by atoms with Crippen LogP contribution in [0, 0.1) is 0 Å². The third-order valence-corrected chi connectivity index (χ3v) is 4.39. The van der Waals surface area contributed by atoms with Crippen LogP contribution in [-0.4, -0.2) is 33.3 Å². The second kappa shape index (κ2) is 12.1. The number of aliphatic imine (C=N–C) groups is 1. The summed E-state index contributed by atoms with van der Waals surface area (Å²) in [5.41, 5.74) is 1.02. The van der Waals surface area contributed by atoms with Gasteiger partial charge in [0.2, 0.25) is 0 Å². The molecule has 0 aliphatic heterocycles. The molecular weight excluding hydrogens is 463 g/mol. The van der Waals surface area contributed by atoms with Gasteiger partial charge < -0.3 is 15.2 Å². The number of guanidine groups is 1. The average Bonchev–Trinajstić information content (AvgIpc) is 3.08. The summed E-state index contributed by atoms with van der Waals surface area (Å²) in [5.74, 6) is 1.78. The van der Waals surface area contributed by atoms with Gasteiger partial charge in [0.25, 0.3) is 0 Å². The molecule has 8 heteroatoms. The van der Waals surface area contributed by atoms with E-state index < -0.39 is 0 Å². The monoisotopic (exact) mass is 490 g/mol. The van der Waals surface area contributed by atoms with Gasteiger partial charge in [0.1, 0.15) is 12.2 Å². The predicted octanol–water partition coefficient (Wildman–Crippen LogP) is 3.65. The van der Waals surface area contributed by atoms with E-state index >= 15 is 0 Å². The lowest BCUT2D eigenvalue weighted by atomic mass is 10.2. The third-order valence-electron chi connectivity index (χ3n) is 4.02. The molecule has 1 aromatic heterocycles. The van der Waals surface area contributed by atoms with E-state index in [1.165, 1.54) is 0 Å². The molecule has 2 N–H and O–H groups in total. The minimum atomic E-state index is 0. The Morgan fingerprint density at radius 3 is 2.77 bits per heavy atom. The highest BCUT2D eigenvalue weighted by Gasteiger charge is 2.06. The van der Waals surface area contributed by atoms with Gasteiger partial charge in [-0.05, 0) is 25.0 Å². The van der Waals surface area contributed by atoms with E-state index in [-0.39, 0.29) is 24.0 Å². The number of nitrogens with one attached hydrogen (secondary N) is 2. The minimum Gasteiger partial charge on any atom is -0.355 e. The molecule has 6 nitrogen and oxygen atoms in total. The van der Waals surface area contributed by atoms with Crippen LogP contribution in [0.4, 0.5) is 0 Å². The first kappa shape index (κ1) is 22.7. The number of rotatable bonds is 8. The first-order valence-electron chi connectivity index (χ1n) is 8.79. The van der Waals surface area contributed by atoms with Crippen LogP contribution in [0.25, 0.3) is 0 Å². The molecule has 0 saturated heterocycles. The van der Waals surface area contributed by atoms with Crippen LogP contribution >= 0.6 is 35.6 Å². The highest BCUT2D eigenvalue weighted by Crippen LogP contribution is 2.15. The summed E-state index contributed by atoms with van der Waals surface area (Å²) >= 11 is 6.22. The highest BCUT2D eigenvalue weighted by molar-refractivity contribution is 14.0. The zero-order chi connectivity index (χ0) is 18.1. The standard InChI is InChI=1S/C18H27ClN6.HI/c1-4-14(3)23-18(21-12-15-8-6-7-9-16(15)19)20-10-11-25-13-22-24-17(25)5-2;/h6-9,13-14H,4-5,10-12H2,1-3H3,(H2,20,21,23);1H. The fourth-order valence-corrected chi connectivity index (χ4v) is 2.51. The van der Waals surface area contributed by atoms with Gasteiger partial charge in [0, 0.05) is 30.6 Å². The number of hydrogen-bond donors (Lipinski definition) is 2. The zero-order valence-corrected chi connectivity index (χ0v) is 18.7. The first-order chi connectivity index (χ1) is 12.1. The lowest BCUT2D eigenvalue weighted by molar-refractivity contribution is 0.599. The molecule has 26 heavy (non-hydrogen) atoms. The Labute approximate surface area is 177 Å². The second-order valence-electron chi connectivity index (χ2n) is 5.93. The molecule has 1 aromatic carbocycles. The lowest BCUT2D eigenvalue weighted by Gasteiger charge is -2.17. The van der Waals surface area contributed by atoms with Gasteiger partial charge in [0.05, 0.1) is 6.54 Å². The fourth-order valence-electron chi connectivity index (χ4n) is 2.31. The molecule has 0 amide bonds. The highest BCUT2D eigenvalue weighted by atomic mass is 127. The van der Waals surface area contributed by atoms with Crippen LogP contribution < -0.4 is 10.6 Å². The van der Waals surface area contributed by atoms with Crippen molar-refractivity contribution in [2.45, 2.75) is 52.7 Å². The zero-order valence-electron chi connectivity index (χ0n) is 15.6. The van der Waals surface area contributed by atoms with Gasteiger partial charge in [-0.3, -0.25) is 0 Å². The van der Waals surface area contributed by atoms with E-state index in [0.29, 0.717) is 12.6 Å². The maximum atomic E-state index is 6.22. The van der Waals surface area contributed by atoms with E-state index in [2.05, 4.69) is 51.2 Å². The topological polar surface area (TPSA) is 67.1 Å². The van der Waals surface area contributed by atoms with Crippen molar-refractivity contribution in [1.29, 1.82) is 0 Å². The number of nitrogens with zero attached hydrogens (tertiary/aromatic N) is 4. The summed E-state index contributed by atoms with van der Waals surface area (Å²) in [5, 5.41) is 15.6. The van der Waals surface area contributed by atoms with Gasteiger partial charge >= 0.3 is 0 Å². The van der Waals surface area contributed by atoms with Crippen LogP contribution in [0.3, 0.4) is 0 Å². The SMILES string of the molecule is CCc1nncn1CCNC(=NCc1ccccc1Cl)NC(C)CC.I. The Kier molecular flexibility index (Phi) is 10.6. The molecule has 0 bridgehead atoms. The van der Waals surface area contributed by atoms with E-state index in [0.717, 1.165) is 48.3 Å². The van der Waals surface area contributed by atoms with Crippen molar-refractivity contribution in [3.8, 4) is 0 Å². The fraction of sp³-hybridized carbons (Fsp3) is 0.500. The molecule has 2 aromatic rings. The molecule has 1 atom stereocenters. The van der Waals surface area contributed by atoms with Crippen molar-refractivity contribution in [2.75, 3.05) is 6.54 Å². The largest absolute Gasteiger partial charge is 0.355 e. The van der Waals surface area contributed by atoms with Crippen LogP contribution in [0.15, 0.2) is 35.6 Å². The van der Waals surface area contributed by atoms with Gasteiger partial charge in [-0.2, -0.15) is 0 Å². The van der Waals surface area contributed by atoms with Gasteiger partial charge in [-0.25, -0.2) is 4.99 Å². The van der Waals surface area contributed by atoms with Crippen LogP contribution in [-0.2, 0) is 19.5 Å². The maximum absolute atomic E-state index is 6.22. The second-order valence-corrected chi connectivity index (χ2v) is 6.34. The summed E-state index contributed by atoms with van der Waals surface area (Å²) in [6.07, 6.45) is 3.67. The number of hydrogen-bond acceptors (Lipinski definition) is 3. The molecular formula is C18H28ClIN6. The van der Waals surface area contributed by atoms with E-state index in [4.69, 9.17) is 11.6 Å². The normalized spacial score (nSPS) is 12.4. The Balaban J connectivity index is 0.00000338. The third kappa shape index (κ3) is 7.11. The van der Waals surface area contributed by atoms with Crippen molar-refractivity contribution in [3.63, 3.8) is 0 Å². The van der Waals surface area contributed by atoms with Crippen molar-refractivity contribution in [2.24, 2.45) is 4.99 Å². The van der Waals surface area contributed by atoms with Crippen molar-refractivity contribution < 1.29 is 0 Å². The number of aromatic nitrogens is 3. The Bertz CT molecular complexity index is 688. The minimum absolute atomic E-state index is 0. The molecule has 1 heterocycles. The molecule has 0 fully saturated rings. The first-order valence-corrected chi connectivity index (χ1v) is 9.16. The van der Waals surface area contributed by atoms with E-state index in [9.17, 15) is 0 Å². The maximum Gasteiger partial charge on any atom is 0.191 e. The molecule has 144 valence electrons. The molecule has 2 rings (SSSR count). The van der Waals surface area contributed by atoms with Crippen LogP contribution in [0.5, 0.6) is 0 Å². The molecule has 0 radical (unpaired) electrons. The van der Waals surface area contributed by atoms with Crippen molar-refractivity contribution >= 4 is 41.5 Å². The smallest absolute Gasteiger partial charge is 0.191 e. The molecule has 0 spiro atoms. The summed E-state index contributed by atoms with van der Waals surface area (Å²) in [4.78, 5) is 4.67. The van der Waals surface area contributed by atoms with E-state index in [1.807, 2.05) is 24.3 Å². The Morgan fingerprint density at radius 2 is 2.08 bits per heavy atom.